The van der Waals surface area contributed by atoms with Crippen molar-refractivity contribution in [2.45, 2.75) is 84.3 Å². The summed E-state index contributed by atoms with van der Waals surface area (Å²) < 4.78 is 11.0. The molecule has 0 rings (SSSR count). The van der Waals surface area contributed by atoms with Crippen LogP contribution in [0, 0.1) is 0 Å². The molecule has 0 aromatic carbocycles. The maximum absolute atomic E-state index is 11.1. The third-order valence-electron chi connectivity index (χ3n) is 3.82. The molecule has 0 aliphatic heterocycles. The molecule has 0 aliphatic rings. The van der Waals surface area contributed by atoms with Gasteiger partial charge in [0.1, 0.15) is 5.60 Å². The van der Waals surface area contributed by atoms with Gasteiger partial charge in [0.25, 0.3) is 0 Å². The van der Waals surface area contributed by atoms with Crippen LogP contribution >= 0.6 is 0 Å². The Morgan fingerprint density at radius 2 is 1.61 bits per heavy atom. The van der Waals surface area contributed by atoms with Gasteiger partial charge in [-0.05, 0) is 46.0 Å². The third-order valence-corrected chi connectivity index (χ3v) is 3.82. The van der Waals surface area contributed by atoms with Crippen molar-refractivity contribution in [1.82, 2.24) is 0 Å². The largest absolute Gasteiger partial charge is 0.460 e. The molecule has 0 fully saturated rings. The van der Waals surface area contributed by atoms with Crippen LogP contribution in [0.1, 0.15) is 73.1 Å². The predicted molar refractivity (Wildman–Crippen MR) is 74.6 cm³/mol. The van der Waals surface area contributed by atoms with Gasteiger partial charge in [0.15, 0.2) is 0 Å². The Morgan fingerprint density at radius 3 is 2.00 bits per heavy atom. The van der Waals surface area contributed by atoms with Gasteiger partial charge in [-0.15, -0.1) is 0 Å². The van der Waals surface area contributed by atoms with E-state index in [1.54, 1.807) is 7.11 Å². The first kappa shape index (κ1) is 17.4. The minimum Gasteiger partial charge on any atom is -0.460 e. The van der Waals surface area contributed by atoms with E-state index in [-0.39, 0.29) is 17.2 Å². The maximum atomic E-state index is 11.1. The van der Waals surface area contributed by atoms with Crippen molar-refractivity contribution in [1.29, 1.82) is 0 Å². The molecule has 0 aromatic rings. The fraction of sp³-hybridized carbons (Fsp3) is 0.933. The minimum absolute atomic E-state index is 0.0420. The van der Waals surface area contributed by atoms with Crippen molar-refractivity contribution in [3.8, 4) is 0 Å². The van der Waals surface area contributed by atoms with Gasteiger partial charge in [-0.2, -0.15) is 0 Å². The van der Waals surface area contributed by atoms with E-state index in [1.807, 2.05) is 6.92 Å². The fourth-order valence-corrected chi connectivity index (χ4v) is 2.34. The van der Waals surface area contributed by atoms with Crippen LogP contribution in [0.25, 0.3) is 0 Å². The van der Waals surface area contributed by atoms with Crippen LogP contribution in [0.3, 0.4) is 0 Å². The zero-order chi connectivity index (χ0) is 14.2. The molecule has 0 aliphatic carbocycles. The normalized spacial score (nSPS) is 17.9. The number of hydrogen-bond acceptors (Lipinski definition) is 3. The molecule has 0 N–H and O–H groups in total. The van der Waals surface area contributed by atoms with Crippen LogP contribution in [0.15, 0.2) is 0 Å². The van der Waals surface area contributed by atoms with Crippen LogP contribution in [0.2, 0.25) is 0 Å². The van der Waals surface area contributed by atoms with Crippen molar-refractivity contribution >= 4 is 5.97 Å². The van der Waals surface area contributed by atoms with Gasteiger partial charge >= 0.3 is 5.97 Å². The van der Waals surface area contributed by atoms with Crippen LogP contribution in [-0.2, 0) is 14.3 Å². The molecular formula is C15H30O3. The van der Waals surface area contributed by atoms with E-state index in [0.29, 0.717) is 0 Å². The van der Waals surface area contributed by atoms with Gasteiger partial charge < -0.3 is 9.47 Å². The molecule has 0 heterocycles. The predicted octanol–water partition coefficient (Wildman–Crippen LogP) is 4.09. The lowest BCUT2D eigenvalue weighted by Crippen LogP contribution is -2.32. The Bertz CT molecular complexity index is 252. The van der Waals surface area contributed by atoms with Gasteiger partial charge in [-0.3, -0.25) is 4.79 Å². The van der Waals surface area contributed by atoms with E-state index in [9.17, 15) is 4.79 Å². The van der Waals surface area contributed by atoms with Gasteiger partial charge in [0.2, 0.25) is 0 Å². The molecule has 18 heavy (non-hydrogen) atoms. The molecule has 108 valence electrons. The second-order valence-corrected chi connectivity index (χ2v) is 5.65. The first-order valence-corrected chi connectivity index (χ1v) is 7.05. The Balaban J connectivity index is 4.25. The van der Waals surface area contributed by atoms with E-state index in [4.69, 9.17) is 9.47 Å². The van der Waals surface area contributed by atoms with E-state index in [1.165, 1.54) is 6.92 Å². The summed E-state index contributed by atoms with van der Waals surface area (Å²) in [5.74, 6) is -0.192. The average Bonchev–Trinajstić information content (AvgIpc) is 2.28. The monoisotopic (exact) mass is 258 g/mol. The van der Waals surface area contributed by atoms with Crippen LogP contribution in [0.5, 0.6) is 0 Å². The first-order valence-electron chi connectivity index (χ1n) is 7.05. The number of rotatable bonds is 9. The van der Waals surface area contributed by atoms with Crippen LogP contribution in [-0.4, -0.2) is 24.3 Å². The van der Waals surface area contributed by atoms with E-state index < -0.39 is 0 Å². The second kappa shape index (κ2) is 7.78. The lowest BCUT2D eigenvalue weighted by molar-refractivity contribution is -0.156. The highest BCUT2D eigenvalue weighted by Crippen LogP contribution is 2.28. The molecule has 2 unspecified atom stereocenters. The second-order valence-electron chi connectivity index (χ2n) is 5.65. The summed E-state index contributed by atoms with van der Waals surface area (Å²) in [4.78, 5) is 11.1. The summed E-state index contributed by atoms with van der Waals surface area (Å²) in [6, 6.07) is 0. The average molecular weight is 258 g/mol. The Kier molecular flexibility index (Phi) is 7.53. The summed E-state index contributed by atoms with van der Waals surface area (Å²) >= 11 is 0. The molecule has 0 bridgehead atoms. The summed E-state index contributed by atoms with van der Waals surface area (Å²) in [6.45, 7) is 9.88. The first-order chi connectivity index (χ1) is 8.31. The standard InChI is InChI=1S/C15H30O3/c1-7-10-15(5,17-6)12-9-11-14(4,8-2)18-13(3)16/h7-12H2,1-6H3. The molecule has 0 radical (unpaired) electrons. The van der Waals surface area contributed by atoms with Gasteiger partial charge in [-0.25, -0.2) is 0 Å². The Hall–Kier alpha value is -0.570. The molecule has 0 saturated carbocycles. The third kappa shape index (κ3) is 6.39. The van der Waals surface area contributed by atoms with Crippen molar-refractivity contribution in [2.75, 3.05) is 7.11 Å². The Morgan fingerprint density at radius 1 is 1.06 bits per heavy atom. The molecule has 0 amide bonds. The van der Waals surface area contributed by atoms with Gasteiger partial charge in [0, 0.05) is 14.0 Å². The van der Waals surface area contributed by atoms with Crippen molar-refractivity contribution in [2.24, 2.45) is 0 Å². The Labute approximate surface area is 112 Å². The summed E-state index contributed by atoms with van der Waals surface area (Å²) in [7, 11) is 1.78. The summed E-state index contributed by atoms with van der Waals surface area (Å²) in [6.07, 6.45) is 5.96. The van der Waals surface area contributed by atoms with Crippen LogP contribution < -0.4 is 0 Å². The number of ether oxygens (including phenoxy) is 2. The number of methoxy groups -OCH3 is 1. The van der Waals surface area contributed by atoms with E-state index in [0.717, 1.165) is 38.5 Å². The van der Waals surface area contributed by atoms with Crippen LogP contribution in [0.4, 0.5) is 0 Å². The topological polar surface area (TPSA) is 35.5 Å². The number of hydrogen-bond donors (Lipinski definition) is 0. The number of carbonyl (C=O) groups is 1. The zero-order valence-electron chi connectivity index (χ0n) is 13.0. The maximum Gasteiger partial charge on any atom is 0.303 e. The molecule has 3 nitrogen and oxygen atoms in total. The van der Waals surface area contributed by atoms with Gasteiger partial charge in [0.05, 0.1) is 5.60 Å². The quantitative estimate of drug-likeness (QED) is 0.584. The van der Waals surface area contributed by atoms with Crippen molar-refractivity contribution < 1.29 is 14.3 Å². The highest BCUT2D eigenvalue weighted by Gasteiger charge is 2.28. The lowest BCUT2D eigenvalue weighted by Gasteiger charge is -2.31. The lowest BCUT2D eigenvalue weighted by atomic mass is 9.89. The SMILES string of the molecule is CCCC(C)(CCCC(C)(CC)OC(C)=O)OC. The number of esters is 1. The fourth-order valence-electron chi connectivity index (χ4n) is 2.34. The van der Waals surface area contributed by atoms with Gasteiger partial charge in [-0.1, -0.05) is 20.3 Å². The molecular weight excluding hydrogens is 228 g/mol. The highest BCUT2D eigenvalue weighted by atomic mass is 16.6. The molecule has 0 saturated heterocycles. The zero-order valence-corrected chi connectivity index (χ0v) is 13.0. The molecule has 0 spiro atoms. The minimum atomic E-state index is -0.327. The summed E-state index contributed by atoms with van der Waals surface area (Å²) in [5.41, 5.74) is -0.369. The smallest absolute Gasteiger partial charge is 0.303 e. The highest BCUT2D eigenvalue weighted by molar-refractivity contribution is 5.66. The van der Waals surface area contributed by atoms with E-state index in [2.05, 4.69) is 20.8 Å². The van der Waals surface area contributed by atoms with E-state index >= 15 is 0 Å². The molecule has 3 heteroatoms. The molecule has 0 aromatic heterocycles. The number of carbonyl (C=O) groups excluding carboxylic acids is 1. The molecule has 2 atom stereocenters. The summed E-state index contributed by atoms with van der Waals surface area (Å²) in [5, 5.41) is 0. The van der Waals surface area contributed by atoms with Crippen molar-refractivity contribution in [3.63, 3.8) is 0 Å². The van der Waals surface area contributed by atoms with Crippen molar-refractivity contribution in [3.05, 3.63) is 0 Å².